The van der Waals surface area contributed by atoms with Crippen molar-refractivity contribution in [2.75, 3.05) is 11.9 Å². The number of anilines is 1. The Morgan fingerprint density at radius 1 is 1.31 bits per heavy atom. The summed E-state index contributed by atoms with van der Waals surface area (Å²) in [5, 5.41) is 9.34. The molecular formula is C13H20BrNO. The number of nitrogens with zero attached hydrogens (tertiary/aromatic N) is 1. The van der Waals surface area contributed by atoms with Crippen LogP contribution >= 0.6 is 15.9 Å². The molecule has 0 radical (unpaired) electrons. The van der Waals surface area contributed by atoms with E-state index in [0.717, 1.165) is 15.7 Å². The van der Waals surface area contributed by atoms with Gasteiger partial charge in [0.2, 0.25) is 0 Å². The molecule has 0 bridgehead atoms. The van der Waals surface area contributed by atoms with Crippen LogP contribution in [0, 0.1) is 5.92 Å². The Labute approximate surface area is 106 Å². The number of halogens is 1. The molecule has 0 aliphatic heterocycles. The highest BCUT2D eigenvalue weighted by atomic mass is 79.9. The number of rotatable bonds is 4. The van der Waals surface area contributed by atoms with Gasteiger partial charge in [-0.15, -0.1) is 0 Å². The van der Waals surface area contributed by atoms with Crippen LogP contribution < -0.4 is 4.90 Å². The van der Waals surface area contributed by atoms with E-state index in [-0.39, 0.29) is 6.61 Å². The molecule has 1 rings (SSSR count). The van der Waals surface area contributed by atoms with E-state index in [1.165, 1.54) is 0 Å². The molecule has 1 unspecified atom stereocenters. The van der Waals surface area contributed by atoms with Crippen molar-refractivity contribution in [1.82, 2.24) is 0 Å². The Morgan fingerprint density at radius 3 is 2.44 bits per heavy atom. The predicted molar refractivity (Wildman–Crippen MR) is 72.8 cm³/mol. The van der Waals surface area contributed by atoms with E-state index in [0.29, 0.717) is 12.0 Å². The number of hydrogen-bond donors (Lipinski definition) is 1. The molecule has 16 heavy (non-hydrogen) atoms. The molecule has 2 nitrogen and oxygen atoms in total. The summed E-state index contributed by atoms with van der Waals surface area (Å²) in [5.41, 5.74) is 2.07. The smallest absolute Gasteiger partial charge is 0.0702 e. The third kappa shape index (κ3) is 2.98. The van der Waals surface area contributed by atoms with Crippen LogP contribution in [0.1, 0.15) is 26.3 Å². The van der Waals surface area contributed by atoms with Crippen molar-refractivity contribution in [2.45, 2.75) is 33.4 Å². The topological polar surface area (TPSA) is 23.5 Å². The molecule has 0 amide bonds. The van der Waals surface area contributed by atoms with Crippen molar-refractivity contribution < 1.29 is 5.11 Å². The first-order chi connectivity index (χ1) is 7.47. The van der Waals surface area contributed by atoms with Gasteiger partial charge in [-0.3, -0.25) is 0 Å². The SMILES string of the molecule is CC(C)C(C)N(C)c1cc(Br)ccc1CO. The van der Waals surface area contributed by atoms with Crippen molar-refractivity contribution in [3.05, 3.63) is 28.2 Å². The van der Waals surface area contributed by atoms with Gasteiger partial charge >= 0.3 is 0 Å². The van der Waals surface area contributed by atoms with Gasteiger partial charge in [0, 0.05) is 28.8 Å². The summed E-state index contributed by atoms with van der Waals surface area (Å²) in [6.45, 7) is 6.69. The summed E-state index contributed by atoms with van der Waals surface area (Å²) < 4.78 is 1.04. The van der Waals surface area contributed by atoms with E-state index in [1.807, 2.05) is 12.1 Å². The first-order valence-corrected chi connectivity index (χ1v) is 6.38. The second-order valence-corrected chi connectivity index (χ2v) is 5.44. The quantitative estimate of drug-likeness (QED) is 0.916. The molecule has 0 spiro atoms. The lowest BCUT2D eigenvalue weighted by atomic mass is 10.0. The standard InChI is InChI=1S/C13H20BrNO/c1-9(2)10(3)15(4)13-7-12(14)6-5-11(13)8-16/h5-7,9-10,16H,8H2,1-4H3. The fourth-order valence-corrected chi connectivity index (χ4v) is 2.01. The summed E-state index contributed by atoms with van der Waals surface area (Å²) >= 11 is 3.47. The van der Waals surface area contributed by atoms with Crippen LogP contribution in [0.25, 0.3) is 0 Å². The monoisotopic (exact) mass is 285 g/mol. The van der Waals surface area contributed by atoms with E-state index in [1.54, 1.807) is 0 Å². The lowest BCUT2D eigenvalue weighted by Crippen LogP contribution is -2.33. The maximum atomic E-state index is 9.34. The maximum absolute atomic E-state index is 9.34. The average Bonchev–Trinajstić information content (AvgIpc) is 2.26. The Hall–Kier alpha value is -0.540. The first kappa shape index (κ1) is 13.5. The van der Waals surface area contributed by atoms with Gasteiger partial charge in [0.15, 0.2) is 0 Å². The molecule has 0 aliphatic rings. The molecular weight excluding hydrogens is 266 g/mol. The molecule has 0 saturated carbocycles. The van der Waals surface area contributed by atoms with Crippen LogP contribution in [-0.2, 0) is 6.61 Å². The number of aliphatic hydroxyl groups is 1. The van der Waals surface area contributed by atoms with Gasteiger partial charge in [-0.25, -0.2) is 0 Å². The average molecular weight is 286 g/mol. The molecule has 3 heteroatoms. The fraction of sp³-hybridized carbons (Fsp3) is 0.538. The second kappa shape index (κ2) is 5.69. The van der Waals surface area contributed by atoms with Crippen molar-refractivity contribution in [1.29, 1.82) is 0 Å². The van der Waals surface area contributed by atoms with Crippen LogP contribution in [0.4, 0.5) is 5.69 Å². The Balaban J connectivity index is 3.05. The van der Waals surface area contributed by atoms with Gasteiger partial charge in [0.05, 0.1) is 6.61 Å². The number of benzene rings is 1. The fourth-order valence-electron chi connectivity index (χ4n) is 1.67. The van der Waals surface area contributed by atoms with Gasteiger partial charge in [-0.1, -0.05) is 35.8 Å². The van der Waals surface area contributed by atoms with Crippen molar-refractivity contribution in [3.63, 3.8) is 0 Å². The molecule has 1 aromatic carbocycles. The van der Waals surface area contributed by atoms with E-state index in [4.69, 9.17) is 0 Å². The highest BCUT2D eigenvalue weighted by Crippen LogP contribution is 2.27. The zero-order chi connectivity index (χ0) is 12.3. The molecule has 90 valence electrons. The molecule has 0 heterocycles. The minimum Gasteiger partial charge on any atom is -0.392 e. The highest BCUT2D eigenvalue weighted by Gasteiger charge is 2.16. The molecule has 0 aliphatic carbocycles. The zero-order valence-corrected chi connectivity index (χ0v) is 12.0. The minimum absolute atomic E-state index is 0.0811. The van der Waals surface area contributed by atoms with E-state index >= 15 is 0 Å². The van der Waals surface area contributed by atoms with E-state index in [2.05, 4.69) is 54.7 Å². The van der Waals surface area contributed by atoms with Crippen molar-refractivity contribution >= 4 is 21.6 Å². The van der Waals surface area contributed by atoms with Gasteiger partial charge in [0.1, 0.15) is 0 Å². The van der Waals surface area contributed by atoms with Gasteiger partial charge in [-0.05, 0) is 25.0 Å². The summed E-state index contributed by atoms with van der Waals surface area (Å²) in [6, 6.07) is 6.43. The summed E-state index contributed by atoms with van der Waals surface area (Å²) in [4.78, 5) is 2.22. The summed E-state index contributed by atoms with van der Waals surface area (Å²) in [6.07, 6.45) is 0. The lowest BCUT2D eigenvalue weighted by molar-refractivity contribution is 0.281. The molecule has 0 fully saturated rings. The second-order valence-electron chi connectivity index (χ2n) is 4.53. The molecule has 1 aromatic rings. The van der Waals surface area contributed by atoms with Crippen LogP contribution in [0.2, 0.25) is 0 Å². The van der Waals surface area contributed by atoms with Crippen LogP contribution in [0.3, 0.4) is 0 Å². The van der Waals surface area contributed by atoms with E-state index < -0.39 is 0 Å². The third-order valence-corrected chi connectivity index (χ3v) is 3.67. The normalized spacial score (nSPS) is 12.9. The molecule has 0 aromatic heterocycles. The highest BCUT2D eigenvalue weighted by molar-refractivity contribution is 9.10. The van der Waals surface area contributed by atoms with Crippen LogP contribution in [0.15, 0.2) is 22.7 Å². The summed E-state index contributed by atoms with van der Waals surface area (Å²) in [7, 11) is 2.08. The van der Waals surface area contributed by atoms with Gasteiger partial charge in [-0.2, -0.15) is 0 Å². The Kier molecular flexibility index (Phi) is 4.81. The number of aliphatic hydroxyl groups excluding tert-OH is 1. The molecule has 0 saturated heterocycles. The molecule has 1 N–H and O–H groups in total. The summed E-state index contributed by atoms with van der Waals surface area (Å²) in [5.74, 6) is 0.579. The Bertz CT molecular complexity index is 352. The first-order valence-electron chi connectivity index (χ1n) is 5.59. The maximum Gasteiger partial charge on any atom is 0.0702 e. The zero-order valence-electron chi connectivity index (χ0n) is 10.4. The minimum atomic E-state index is 0.0811. The van der Waals surface area contributed by atoms with Gasteiger partial charge < -0.3 is 10.0 Å². The lowest BCUT2D eigenvalue weighted by Gasteiger charge is -2.31. The van der Waals surface area contributed by atoms with Crippen LogP contribution in [0.5, 0.6) is 0 Å². The predicted octanol–water partition coefficient (Wildman–Crippen LogP) is 3.42. The number of hydrogen-bond acceptors (Lipinski definition) is 2. The van der Waals surface area contributed by atoms with Crippen molar-refractivity contribution in [3.8, 4) is 0 Å². The van der Waals surface area contributed by atoms with Crippen LogP contribution in [-0.4, -0.2) is 18.2 Å². The van der Waals surface area contributed by atoms with E-state index in [9.17, 15) is 5.11 Å². The third-order valence-electron chi connectivity index (χ3n) is 3.17. The molecule has 1 atom stereocenters. The van der Waals surface area contributed by atoms with Gasteiger partial charge in [0.25, 0.3) is 0 Å². The largest absolute Gasteiger partial charge is 0.392 e. The Morgan fingerprint density at radius 2 is 1.94 bits per heavy atom. The van der Waals surface area contributed by atoms with Crippen molar-refractivity contribution in [2.24, 2.45) is 5.92 Å².